The van der Waals surface area contributed by atoms with Crippen LogP contribution < -0.4 is 10.7 Å². The van der Waals surface area contributed by atoms with E-state index in [1.165, 1.54) is 36.8 Å². The van der Waals surface area contributed by atoms with E-state index in [1.54, 1.807) is 18.5 Å². The smallest absolute Gasteiger partial charge is 0.373 e. The molecular formula is C35H43N8O+. The third kappa shape index (κ3) is 5.61. The SMILES string of the molecule is Cc1nc2ccccc2n1C1CC2CCC(C1)N2CCC1(c2ccccc2)CCN(C(=O)CC(N)=Nc2nccc[nH+]2)CC1. The van der Waals surface area contributed by atoms with Gasteiger partial charge in [0.1, 0.15) is 18.4 Å². The quantitative estimate of drug-likeness (QED) is 0.235. The molecule has 2 unspecified atom stereocenters. The van der Waals surface area contributed by atoms with E-state index in [0.717, 1.165) is 50.2 Å². The molecule has 3 saturated heterocycles. The number of para-hydroxylation sites is 2. The van der Waals surface area contributed by atoms with Crippen LogP contribution in [0.1, 0.15) is 68.8 Å². The number of amides is 1. The number of imidazole rings is 1. The van der Waals surface area contributed by atoms with Crippen LogP contribution in [0.3, 0.4) is 0 Å². The highest BCUT2D eigenvalue weighted by Crippen LogP contribution is 2.45. The molecule has 7 rings (SSSR count). The van der Waals surface area contributed by atoms with Crippen LogP contribution in [0.15, 0.2) is 78.0 Å². The zero-order chi connectivity index (χ0) is 30.1. The fourth-order valence-electron chi connectivity index (χ4n) is 8.27. The number of likely N-dealkylation sites (tertiary alicyclic amines) is 1. The normalized spacial score (nSPS) is 23.7. The largest absolute Gasteiger partial charge is 0.432 e. The number of hydrogen-bond donors (Lipinski definition) is 1. The molecule has 0 saturated carbocycles. The monoisotopic (exact) mass is 591 g/mol. The molecule has 3 aliphatic heterocycles. The number of nitrogens with zero attached hydrogens (tertiary/aromatic N) is 6. The third-order valence-electron chi connectivity index (χ3n) is 10.5. The number of aryl methyl sites for hydroxylation is 1. The molecule has 1 amide bonds. The highest BCUT2D eigenvalue weighted by Gasteiger charge is 2.44. The van der Waals surface area contributed by atoms with Gasteiger partial charge in [-0.2, -0.15) is 0 Å². The molecule has 4 aromatic rings. The average Bonchev–Trinajstić information content (AvgIpc) is 3.51. The number of benzene rings is 2. The van der Waals surface area contributed by atoms with E-state index in [9.17, 15) is 4.79 Å². The molecule has 2 bridgehead atoms. The molecule has 9 heteroatoms. The van der Waals surface area contributed by atoms with E-state index in [4.69, 9.17) is 10.7 Å². The first kappa shape index (κ1) is 28.6. The Morgan fingerprint density at radius 3 is 2.45 bits per heavy atom. The van der Waals surface area contributed by atoms with Gasteiger partial charge in [0.15, 0.2) is 5.84 Å². The maximum Gasteiger partial charge on any atom is 0.432 e. The summed E-state index contributed by atoms with van der Waals surface area (Å²) in [5.41, 5.74) is 9.98. The highest BCUT2D eigenvalue weighted by atomic mass is 16.2. The first-order valence-corrected chi connectivity index (χ1v) is 16.2. The van der Waals surface area contributed by atoms with Crippen molar-refractivity contribution in [2.75, 3.05) is 19.6 Å². The topological polar surface area (TPSA) is 107 Å². The van der Waals surface area contributed by atoms with Crippen molar-refractivity contribution in [2.45, 2.75) is 81.8 Å². The lowest BCUT2D eigenvalue weighted by atomic mass is 9.70. The maximum atomic E-state index is 13.2. The fourth-order valence-corrected chi connectivity index (χ4v) is 8.27. The summed E-state index contributed by atoms with van der Waals surface area (Å²) in [7, 11) is 0. The molecular weight excluding hydrogens is 548 g/mol. The number of hydrogen-bond acceptors (Lipinski definition) is 5. The molecule has 3 N–H and O–H groups in total. The van der Waals surface area contributed by atoms with E-state index in [0.29, 0.717) is 24.1 Å². The number of aromatic nitrogens is 4. The van der Waals surface area contributed by atoms with Gasteiger partial charge >= 0.3 is 5.95 Å². The molecule has 5 heterocycles. The second-order valence-corrected chi connectivity index (χ2v) is 12.9. The standard InChI is InChI=1S/C35H42N8O/c1-25-39-30-10-5-6-11-31(30)43(25)29-22-27-12-13-28(23-29)42(27)21-16-35(26-8-3-2-4-9-26)14-19-41(20-15-35)33(44)24-32(36)40-34-37-17-7-18-38-34/h2-11,17-18,27-29H,12-16,19-24H2,1H3,(H2,36,37,38,40)/p+1. The van der Waals surface area contributed by atoms with Crippen LogP contribution in [-0.4, -0.2) is 67.8 Å². The summed E-state index contributed by atoms with van der Waals surface area (Å²) in [6.07, 6.45) is 11.5. The molecule has 2 aromatic carbocycles. The Bertz CT molecular complexity index is 1610. The highest BCUT2D eigenvalue weighted by molar-refractivity contribution is 5.99. The van der Waals surface area contributed by atoms with Gasteiger partial charge in [-0.1, -0.05) is 52.4 Å². The van der Waals surface area contributed by atoms with E-state index in [2.05, 4.69) is 85.9 Å². The van der Waals surface area contributed by atoms with Crippen LogP contribution >= 0.6 is 0 Å². The van der Waals surface area contributed by atoms with Gasteiger partial charge in [0.25, 0.3) is 0 Å². The minimum atomic E-state index is 0.0336. The van der Waals surface area contributed by atoms with Crippen LogP contribution in [-0.2, 0) is 10.2 Å². The molecule has 228 valence electrons. The Labute approximate surface area is 259 Å². The number of carbonyl (C=O) groups excluding carboxylic acids is 1. The first-order valence-electron chi connectivity index (χ1n) is 16.2. The summed E-state index contributed by atoms with van der Waals surface area (Å²) in [6, 6.07) is 23.1. The number of carbonyl (C=O) groups is 1. The summed E-state index contributed by atoms with van der Waals surface area (Å²) >= 11 is 0. The van der Waals surface area contributed by atoms with Crippen LogP contribution in [0.2, 0.25) is 0 Å². The van der Waals surface area contributed by atoms with Crippen molar-refractivity contribution in [3.63, 3.8) is 0 Å². The predicted octanol–water partition coefficient (Wildman–Crippen LogP) is 4.75. The summed E-state index contributed by atoms with van der Waals surface area (Å²) < 4.78 is 2.52. The molecule has 0 aliphatic carbocycles. The van der Waals surface area contributed by atoms with Gasteiger partial charge in [0.05, 0.1) is 17.2 Å². The van der Waals surface area contributed by atoms with Crippen molar-refractivity contribution in [1.82, 2.24) is 24.3 Å². The third-order valence-corrected chi connectivity index (χ3v) is 10.5. The zero-order valence-electron chi connectivity index (χ0n) is 25.6. The zero-order valence-corrected chi connectivity index (χ0v) is 25.6. The molecule has 2 atom stereocenters. The van der Waals surface area contributed by atoms with E-state index < -0.39 is 0 Å². The van der Waals surface area contributed by atoms with Crippen molar-refractivity contribution < 1.29 is 9.78 Å². The number of piperidine rings is 2. The summed E-state index contributed by atoms with van der Waals surface area (Å²) in [6.45, 7) is 4.74. The average molecular weight is 592 g/mol. The first-order chi connectivity index (χ1) is 21.5. The Morgan fingerprint density at radius 2 is 1.73 bits per heavy atom. The number of aromatic amines is 1. The van der Waals surface area contributed by atoms with Gasteiger partial charge in [-0.05, 0) is 81.5 Å². The molecule has 3 fully saturated rings. The van der Waals surface area contributed by atoms with Gasteiger partial charge in [-0.3, -0.25) is 9.69 Å². The second-order valence-electron chi connectivity index (χ2n) is 12.9. The number of rotatable bonds is 8. The van der Waals surface area contributed by atoms with Crippen molar-refractivity contribution in [2.24, 2.45) is 10.7 Å². The van der Waals surface area contributed by atoms with Crippen molar-refractivity contribution in [3.05, 3.63) is 84.4 Å². The van der Waals surface area contributed by atoms with Crippen LogP contribution in [0.4, 0.5) is 5.95 Å². The summed E-state index contributed by atoms with van der Waals surface area (Å²) in [5, 5.41) is 0. The van der Waals surface area contributed by atoms with Gasteiger partial charge < -0.3 is 15.2 Å². The number of nitrogens with one attached hydrogen (secondary N) is 1. The van der Waals surface area contributed by atoms with Gasteiger partial charge in [0.2, 0.25) is 5.91 Å². The second kappa shape index (κ2) is 12.1. The molecule has 9 nitrogen and oxygen atoms in total. The number of amidine groups is 1. The van der Waals surface area contributed by atoms with Crippen LogP contribution in [0.25, 0.3) is 11.0 Å². The van der Waals surface area contributed by atoms with Crippen molar-refractivity contribution in [1.29, 1.82) is 0 Å². The number of fused-ring (bicyclic) bond motifs is 3. The Balaban J connectivity index is 1.02. The Hall–Kier alpha value is -4.11. The van der Waals surface area contributed by atoms with Gasteiger partial charge in [-0.25, -0.2) is 9.97 Å². The van der Waals surface area contributed by atoms with Gasteiger partial charge in [0, 0.05) is 37.3 Å². The van der Waals surface area contributed by atoms with Crippen molar-refractivity contribution in [3.8, 4) is 0 Å². The molecule has 3 aliphatic rings. The Kier molecular flexibility index (Phi) is 7.89. The van der Waals surface area contributed by atoms with Crippen LogP contribution in [0, 0.1) is 6.92 Å². The van der Waals surface area contributed by atoms with E-state index >= 15 is 0 Å². The number of nitrogens with two attached hydrogens (primary N) is 1. The molecule has 2 aromatic heterocycles. The van der Waals surface area contributed by atoms with E-state index in [1.807, 2.05) is 4.90 Å². The fraction of sp³-hybridized carbons (Fsp3) is 0.457. The lowest BCUT2D eigenvalue weighted by molar-refractivity contribution is -0.366. The van der Waals surface area contributed by atoms with E-state index in [-0.39, 0.29) is 23.6 Å². The minimum absolute atomic E-state index is 0.0336. The lowest BCUT2D eigenvalue weighted by Crippen LogP contribution is -2.49. The summed E-state index contributed by atoms with van der Waals surface area (Å²) in [4.78, 5) is 34.2. The maximum absolute atomic E-state index is 13.2. The Morgan fingerprint density at radius 1 is 1.00 bits per heavy atom. The molecule has 44 heavy (non-hydrogen) atoms. The number of H-pyrrole nitrogens is 1. The van der Waals surface area contributed by atoms with Crippen LogP contribution in [0.5, 0.6) is 0 Å². The lowest BCUT2D eigenvalue weighted by Gasteiger charge is -2.45. The predicted molar refractivity (Wildman–Crippen MR) is 172 cm³/mol. The molecule has 0 spiro atoms. The van der Waals surface area contributed by atoms with Crippen molar-refractivity contribution >= 4 is 28.7 Å². The molecule has 0 radical (unpaired) electrons. The number of aliphatic imine (C=N–C) groups is 1. The summed E-state index contributed by atoms with van der Waals surface area (Å²) in [5.74, 6) is 1.86. The minimum Gasteiger partial charge on any atom is -0.373 e. The van der Waals surface area contributed by atoms with Gasteiger partial charge in [-0.15, -0.1) is 0 Å².